The van der Waals surface area contributed by atoms with E-state index in [9.17, 15) is 0 Å². The molecule has 2 heterocycles. The monoisotopic (exact) mass is 326 g/mol. The van der Waals surface area contributed by atoms with Gasteiger partial charge in [0, 0.05) is 19.0 Å². The molecule has 1 fully saturated rings. The molecule has 0 amide bonds. The Labute approximate surface area is 119 Å². The van der Waals surface area contributed by atoms with Gasteiger partial charge in [0.15, 0.2) is 11.7 Å². The van der Waals surface area contributed by atoms with Gasteiger partial charge in [0.2, 0.25) is 0 Å². The third-order valence-electron chi connectivity index (χ3n) is 3.00. The predicted molar refractivity (Wildman–Crippen MR) is 77.0 cm³/mol. The smallest absolute Gasteiger partial charge is 0.196 e. The Morgan fingerprint density at radius 2 is 2.39 bits per heavy atom. The fourth-order valence-corrected chi connectivity index (χ4v) is 3.27. The molecule has 0 spiro atoms. The first-order chi connectivity index (χ1) is 8.72. The summed E-state index contributed by atoms with van der Waals surface area (Å²) in [7, 11) is 0. The van der Waals surface area contributed by atoms with Gasteiger partial charge < -0.3 is 9.73 Å². The summed E-state index contributed by atoms with van der Waals surface area (Å²) in [6, 6.07) is 2.87. The molecule has 0 saturated heterocycles. The van der Waals surface area contributed by atoms with Crippen LogP contribution in [0.2, 0.25) is 0 Å². The van der Waals surface area contributed by atoms with Crippen LogP contribution in [0.1, 0.15) is 24.3 Å². The van der Waals surface area contributed by atoms with Crippen LogP contribution < -0.4 is 5.32 Å². The Balaban J connectivity index is 1.64. The first-order valence-corrected chi connectivity index (χ1v) is 7.78. The lowest BCUT2D eigenvalue weighted by Crippen LogP contribution is -2.19. The molecule has 2 aromatic heterocycles. The first-order valence-electron chi connectivity index (χ1n) is 6.17. The molecule has 5 heteroatoms. The fraction of sp³-hybridized carbons (Fsp3) is 0.462. The Morgan fingerprint density at radius 1 is 1.56 bits per heavy atom. The SMILES string of the molecule is Cc1cc(-c2cnc(CCNC3CC3)o2)sc1Br. The average Bonchev–Trinajstić information content (AvgIpc) is 2.94. The van der Waals surface area contributed by atoms with Crippen molar-refractivity contribution in [3.8, 4) is 10.6 Å². The number of aryl methyl sites for hydroxylation is 1. The summed E-state index contributed by atoms with van der Waals surface area (Å²) in [4.78, 5) is 5.47. The molecule has 0 bridgehead atoms. The molecule has 0 aliphatic heterocycles. The lowest BCUT2D eigenvalue weighted by Gasteiger charge is -1.98. The number of hydrogen-bond acceptors (Lipinski definition) is 4. The highest BCUT2D eigenvalue weighted by Gasteiger charge is 2.20. The standard InChI is InChI=1S/C13H15BrN2OS/c1-8-6-11(18-13(8)14)10-7-16-12(17-10)4-5-15-9-2-3-9/h6-7,9,15H,2-5H2,1H3. The molecule has 0 radical (unpaired) electrons. The van der Waals surface area contributed by atoms with E-state index in [4.69, 9.17) is 4.42 Å². The number of hydrogen-bond donors (Lipinski definition) is 1. The van der Waals surface area contributed by atoms with Crippen LogP contribution in [-0.2, 0) is 6.42 Å². The largest absolute Gasteiger partial charge is 0.440 e. The van der Waals surface area contributed by atoms with Crippen molar-refractivity contribution in [3.05, 3.63) is 27.5 Å². The van der Waals surface area contributed by atoms with Crippen LogP contribution in [0.25, 0.3) is 10.6 Å². The maximum absolute atomic E-state index is 5.78. The van der Waals surface area contributed by atoms with E-state index in [2.05, 4.69) is 39.2 Å². The lowest BCUT2D eigenvalue weighted by molar-refractivity contribution is 0.495. The molecule has 2 aromatic rings. The van der Waals surface area contributed by atoms with Gasteiger partial charge in [-0.3, -0.25) is 0 Å². The van der Waals surface area contributed by atoms with Gasteiger partial charge in [-0.25, -0.2) is 4.98 Å². The normalized spacial score (nSPS) is 15.2. The van der Waals surface area contributed by atoms with Crippen molar-refractivity contribution in [2.75, 3.05) is 6.54 Å². The quantitative estimate of drug-likeness (QED) is 0.908. The Bertz CT molecular complexity index is 525. The van der Waals surface area contributed by atoms with Gasteiger partial charge in [-0.1, -0.05) is 0 Å². The summed E-state index contributed by atoms with van der Waals surface area (Å²) in [6.45, 7) is 3.04. The number of nitrogens with zero attached hydrogens (tertiary/aromatic N) is 1. The van der Waals surface area contributed by atoms with Gasteiger partial charge in [-0.2, -0.15) is 0 Å². The molecule has 3 nitrogen and oxygen atoms in total. The average molecular weight is 327 g/mol. The molecule has 1 aliphatic rings. The van der Waals surface area contributed by atoms with E-state index in [-0.39, 0.29) is 0 Å². The number of oxazole rings is 1. The maximum Gasteiger partial charge on any atom is 0.196 e. The molecule has 0 aromatic carbocycles. The molecule has 3 rings (SSSR count). The van der Waals surface area contributed by atoms with Crippen LogP contribution in [0.5, 0.6) is 0 Å². The van der Waals surface area contributed by atoms with E-state index in [0.29, 0.717) is 0 Å². The van der Waals surface area contributed by atoms with E-state index < -0.39 is 0 Å². The van der Waals surface area contributed by atoms with Gasteiger partial charge in [-0.15, -0.1) is 11.3 Å². The Hall–Kier alpha value is -0.650. The summed E-state index contributed by atoms with van der Waals surface area (Å²) < 4.78 is 6.94. The van der Waals surface area contributed by atoms with Crippen LogP contribution in [0.15, 0.2) is 20.5 Å². The fourth-order valence-electron chi connectivity index (χ4n) is 1.79. The van der Waals surface area contributed by atoms with Crippen LogP contribution in [0, 0.1) is 6.92 Å². The summed E-state index contributed by atoms with van der Waals surface area (Å²) in [6.07, 6.45) is 5.32. The maximum atomic E-state index is 5.78. The summed E-state index contributed by atoms with van der Waals surface area (Å²) in [5, 5.41) is 3.46. The van der Waals surface area contributed by atoms with E-state index in [0.717, 1.165) is 39.3 Å². The van der Waals surface area contributed by atoms with E-state index in [1.165, 1.54) is 18.4 Å². The second kappa shape index (κ2) is 5.15. The second-order valence-corrected chi connectivity index (χ2v) is 7.03. The van der Waals surface area contributed by atoms with Gasteiger partial charge >= 0.3 is 0 Å². The van der Waals surface area contributed by atoms with Gasteiger partial charge in [-0.05, 0) is 47.3 Å². The Morgan fingerprint density at radius 3 is 3.06 bits per heavy atom. The molecular formula is C13H15BrN2OS. The third-order valence-corrected chi connectivity index (χ3v) is 5.15. The van der Waals surface area contributed by atoms with Crippen molar-refractivity contribution in [2.45, 2.75) is 32.2 Å². The number of thiophene rings is 1. The summed E-state index contributed by atoms with van der Waals surface area (Å²) in [5.74, 6) is 1.69. The Kier molecular flexibility index (Phi) is 3.54. The number of nitrogens with one attached hydrogen (secondary N) is 1. The zero-order valence-electron chi connectivity index (χ0n) is 10.2. The predicted octanol–water partition coefficient (Wildman–Crippen LogP) is 3.77. The number of rotatable bonds is 5. The minimum absolute atomic E-state index is 0.746. The van der Waals surface area contributed by atoms with E-state index in [1.54, 1.807) is 11.3 Å². The van der Waals surface area contributed by atoms with Gasteiger partial charge in [0.25, 0.3) is 0 Å². The zero-order chi connectivity index (χ0) is 12.5. The van der Waals surface area contributed by atoms with Crippen molar-refractivity contribution in [2.24, 2.45) is 0 Å². The highest BCUT2D eigenvalue weighted by molar-refractivity contribution is 9.11. The minimum Gasteiger partial charge on any atom is -0.440 e. The van der Waals surface area contributed by atoms with Crippen molar-refractivity contribution < 1.29 is 4.42 Å². The molecule has 1 saturated carbocycles. The van der Waals surface area contributed by atoms with Crippen molar-refractivity contribution >= 4 is 27.3 Å². The summed E-state index contributed by atoms with van der Waals surface area (Å²) in [5.41, 5.74) is 1.24. The summed E-state index contributed by atoms with van der Waals surface area (Å²) >= 11 is 5.22. The highest BCUT2D eigenvalue weighted by atomic mass is 79.9. The molecular weight excluding hydrogens is 312 g/mol. The number of halogens is 1. The van der Waals surface area contributed by atoms with Crippen LogP contribution in [0.4, 0.5) is 0 Å². The third kappa shape index (κ3) is 2.84. The van der Waals surface area contributed by atoms with Gasteiger partial charge in [0.1, 0.15) is 0 Å². The molecule has 0 unspecified atom stereocenters. The van der Waals surface area contributed by atoms with Crippen molar-refractivity contribution in [3.63, 3.8) is 0 Å². The first kappa shape index (κ1) is 12.4. The van der Waals surface area contributed by atoms with Crippen LogP contribution in [0.3, 0.4) is 0 Å². The topological polar surface area (TPSA) is 38.1 Å². The van der Waals surface area contributed by atoms with Crippen LogP contribution >= 0.6 is 27.3 Å². The number of aromatic nitrogens is 1. The molecule has 1 aliphatic carbocycles. The minimum atomic E-state index is 0.746. The highest BCUT2D eigenvalue weighted by Crippen LogP contribution is 2.34. The second-order valence-electron chi connectivity index (χ2n) is 4.66. The van der Waals surface area contributed by atoms with E-state index in [1.807, 2.05) is 6.20 Å². The lowest BCUT2D eigenvalue weighted by atomic mass is 10.3. The van der Waals surface area contributed by atoms with Crippen molar-refractivity contribution in [1.82, 2.24) is 10.3 Å². The van der Waals surface area contributed by atoms with E-state index >= 15 is 0 Å². The van der Waals surface area contributed by atoms with Crippen LogP contribution in [-0.4, -0.2) is 17.6 Å². The van der Waals surface area contributed by atoms with Crippen molar-refractivity contribution in [1.29, 1.82) is 0 Å². The zero-order valence-corrected chi connectivity index (χ0v) is 12.6. The molecule has 1 N–H and O–H groups in total. The molecule has 96 valence electrons. The molecule has 18 heavy (non-hydrogen) atoms. The molecule has 0 atom stereocenters. The van der Waals surface area contributed by atoms with Gasteiger partial charge in [0.05, 0.1) is 14.9 Å².